The Balaban J connectivity index is 3.07. The van der Waals surface area contributed by atoms with Gasteiger partial charge in [-0.05, 0) is 37.5 Å². The number of esters is 1. The maximum absolute atomic E-state index is 11.5. The largest absolute Gasteiger partial charge is 0.461 e. The van der Waals surface area contributed by atoms with Gasteiger partial charge in [-0.2, -0.15) is 0 Å². The lowest BCUT2D eigenvalue weighted by Gasteiger charge is -2.08. The van der Waals surface area contributed by atoms with Gasteiger partial charge in [-0.3, -0.25) is 0 Å². The molecule has 76 valence electrons. The summed E-state index contributed by atoms with van der Waals surface area (Å²) in [5.41, 5.74) is 2.52. The lowest BCUT2D eigenvalue weighted by molar-refractivity contribution is 0.0518. The lowest BCUT2D eigenvalue weighted by Crippen LogP contribution is -2.11. The van der Waals surface area contributed by atoms with Crippen LogP contribution in [0.4, 0.5) is 0 Å². The van der Waals surface area contributed by atoms with Gasteiger partial charge in [0.2, 0.25) is 0 Å². The molecule has 0 atom stereocenters. The molecule has 1 rings (SSSR count). The lowest BCUT2D eigenvalue weighted by atomic mass is 10.1. The van der Waals surface area contributed by atoms with Crippen LogP contribution in [0, 0.1) is 6.92 Å². The van der Waals surface area contributed by atoms with Gasteiger partial charge < -0.3 is 4.74 Å². The first-order chi connectivity index (χ1) is 6.70. The number of aryl methyl sites for hydroxylation is 1. The summed E-state index contributed by atoms with van der Waals surface area (Å²) in [6, 6.07) is 1.90. The predicted octanol–water partition coefficient (Wildman–Crippen LogP) is 2.13. The van der Waals surface area contributed by atoms with E-state index in [9.17, 15) is 4.79 Å². The van der Waals surface area contributed by atoms with E-state index in [0.717, 1.165) is 17.5 Å². The smallest absolute Gasteiger partial charge is 0.357 e. The average Bonchev–Trinajstić information content (AvgIpc) is 2.17. The van der Waals surface area contributed by atoms with E-state index in [4.69, 9.17) is 4.74 Å². The fourth-order valence-electron chi connectivity index (χ4n) is 1.41. The third-order valence-electron chi connectivity index (χ3n) is 2.11. The van der Waals surface area contributed by atoms with Gasteiger partial charge >= 0.3 is 5.97 Å². The molecule has 3 heteroatoms. The van der Waals surface area contributed by atoms with Gasteiger partial charge in [0.05, 0.1) is 6.61 Å². The molecule has 1 aromatic heterocycles. The molecule has 0 fully saturated rings. The topological polar surface area (TPSA) is 39.2 Å². The van der Waals surface area contributed by atoms with Gasteiger partial charge in [-0.15, -0.1) is 0 Å². The minimum Gasteiger partial charge on any atom is -0.461 e. The Labute approximate surface area is 84.1 Å². The fraction of sp³-hybridized carbons (Fsp3) is 0.455. The zero-order valence-electron chi connectivity index (χ0n) is 8.83. The molecule has 0 saturated carbocycles. The quantitative estimate of drug-likeness (QED) is 0.690. The van der Waals surface area contributed by atoms with Crippen LogP contribution in [0.2, 0.25) is 0 Å². The third kappa shape index (κ3) is 2.10. The maximum Gasteiger partial charge on any atom is 0.357 e. The van der Waals surface area contributed by atoms with Crippen LogP contribution in [0.15, 0.2) is 12.3 Å². The summed E-state index contributed by atoms with van der Waals surface area (Å²) < 4.78 is 4.92. The SMILES string of the molecule is CCOC(=O)c1nccc(C)c1CC. The van der Waals surface area contributed by atoms with Crippen LogP contribution >= 0.6 is 0 Å². The molecule has 0 radical (unpaired) electrons. The Kier molecular flexibility index (Phi) is 3.63. The number of hydrogen-bond acceptors (Lipinski definition) is 3. The summed E-state index contributed by atoms with van der Waals surface area (Å²) >= 11 is 0. The number of nitrogens with zero attached hydrogens (tertiary/aromatic N) is 1. The van der Waals surface area contributed by atoms with Crippen molar-refractivity contribution >= 4 is 5.97 Å². The fourth-order valence-corrected chi connectivity index (χ4v) is 1.41. The zero-order valence-corrected chi connectivity index (χ0v) is 8.83. The van der Waals surface area contributed by atoms with E-state index >= 15 is 0 Å². The second kappa shape index (κ2) is 4.74. The first-order valence-corrected chi connectivity index (χ1v) is 4.82. The van der Waals surface area contributed by atoms with E-state index < -0.39 is 0 Å². The van der Waals surface area contributed by atoms with Crippen molar-refractivity contribution in [2.75, 3.05) is 6.61 Å². The highest BCUT2D eigenvalue weighted by atomic mass is 16.5. The Bertz CT molecular complexity index is 334. The second-order valence-corrected chi connectivity index (χ2v) is 3.03. The monoisotopic (exact) mass is 193 g/mol. The normalized spacial score (nSPS) is 9.93. The molecule has 0 amide bonds. The van der Waals surface area contributed by atoms with Crippen molar-refractivity contribution in [2.45, 2.75) is 27.2 Å². The summed E-state index contributed by atoms with van der Waals surface area (Å²) in [5, 5.41) is 0. The molecule has 0 N–H and O–H groups in total. The highest BCUT2D eigenvalue weighted by Crippen LogP contribution is 2.13. The summed E-state index contributed by atoms with van der Waals surface area (Å²) in [7, 11) is 0. The Morgan fingerprint density at radius 3 is 2.79 bits per heavy atom. The van der Waals surface area contributed by atoms with Crippen molar-refractivity contribution in [3.05, 3.63) is 29.1 Å². The minimum atomic E-state index is -0.326. The van der Waals surface area contributed by atoms with E-state index in [1.54, 1.807) is 13.1 Å². The highest BCUT2D eigenvalue weighted by Gasteiger charge is 2.14. The molecule has 0 aliphatic heterocycles. The number of rotatable bonds is 3. The van der Waals surface area contributed by atoms with Gasteiger partial charge in [0.15, 0.2) is 5.69 Å². The number of carbonyl (C=O) groups excluding carboxylic acids is 1. The van der Waals surface area contributed by atoms with E-state index in [1.807, 2.05) is 19.9 Å². The first kappa shape index (κ1) is 10.7. The van der Waals surface area contributed by atoms with Crippen LogP contribution in [0.1, 0.15) is 35.5 Å². The van der Waals surface area contributed by atoms with Gasteiger partial charge in [0.25, 0.3) is 0 Å². The minimum absolute atomic E-state index is 0.326. The number of carbonyl (C=O) groups is 1. The Morgan fingerprint density at radius 2 is 2.21 bits per heavy atom. The van der Waals surface area contributed by atoms with Crippen LogP contribution in [-0.4, -0.2) is 17.6 Å². The van der Waals surface area contributed by atoms with E-state index in [0.29, 0.717) is 12.3 Å². The third-order valence-corrected chi connectivity index (χ3v) is 2.11. The molecule has 0 bridgehead atoms. The zero-order chi connectivity index (χ0) is 10.6. The first-order valence-electron chi connectivity index (χ1n) is 4.82. The Hall–Kier alpha value is -1.38. The van der Waals surface area contributed by atoms with Gasteiger partial charge in [-0.25, -0.2) is 9.78 Å². The molecule has 0 aliphatic carbocycles. The van der Waals surface area contributed by atoms with Crippen LogP contribution in [0.5, 0.6) is 0 Å². The van der Waals surface area contributed by atoms with Crippen molar-refractivity contribution in [3.8, 4) is 0 Å². The highest BCUT2D eigenvalue weighted by molar-refractivity contribution is 5.89. The molecule has 0 saturated heterocycles. The van der Waals surface area contributed by atoms with Crippen molar-refractivity contribution in [1.82, 2.24) is 4.98 Å². The van der Waals surface area contributed by atoms with Crippen LogP contribution in [0.25, 0.3) is 0 Å². The summed E-state index contributed by atoms with van der Waals surface area (Å²) in [6.07, 6.45) is 2.44. The Morgan fingerprint density at radius 1 is 1.50 bits per heavy atom. The molecule has 1 heterocycles. The molecule has 14 heavy (non-hydrogen) atoms. The summed E-state index contributed by atoms with van der Waals surface area (Å²) in [6.45, 7) is 6.16. The maximum atomic E-state index is 11.5. The molecule has 1 aromatic rings. The van der Waals surface area contributed by atoms with Gasteiger partial charge in [0.1, 0.15) is 0 Å². The van der Waals surface area contributed by atoms with Crippen LogP contribution in [0.3, 0.4) is 0 Å². The van der Waals surface area contributed by atoms with E-state index in [2.05, 4.69) is 4.98 Å². The number of pyridine rings is 1. The number of aromatic nitrogens is 1. The van der Waals surface area contributed by atoms with Crippen LogP contribution in [-0.2, 0) is 11.2 Å². The molecular formula is C11H15NO2. The van der Waals surface area contributed by atoms with Crippen molar-refractivity contribution in [1.29, 1.82) is 0 Å². The molecule has 0 aromatic carbocycles. The van der Waals surface area contributed by atoms with E-state index in [1.165, 1.54) is 0 Å². The molecule has 0 spiro atoms. The standard InChI is InChI=1S/C11H15NO2/c1-4-9-8(3)6-7-12-10(9)11(13)14-5-2/h6-7H,4-5H2,1-3H3. The van der Waals surface area contributed by atoms with Gasteiger partial charge in [0, 0.05) is 6.20 Å². The molecule has 3 nitrogen and oxygen atoms in total. The van der Waals surface area contributed by atoms with Gasteiger partial charge in [-0.1, -0.05) is 6.92 Å². The van der Waals surface area contributed by atoms with E-state index in [-0.39, 0.29) is 5.97 Å². The molecule has 0 unspecified atom stereocenters. The average molecular weight is 193 g/mol. The van der Waals surface area contributed by atoms with Crippen molar-refractivity contribution in [2.24, 2.45) is 0 Å². The molecular weight excluding hydrogens is 178 g/mol. The second-order valence-electron chi connectivity index (χ2n) is 3.03. The van der Waals surface area contributed by atoms with Crippen molar-refractivity contribution in [3.63, 3.8) is 0 Å². The summed E-state index contributed by atoms with van der Waals surface area (Å²) in [5.74, 6) is -0.326. The van der Waals surface area contributed by atoms with Crippen molar-refractivity contribution < 1.29 is 9.53 Å². The predicted molar refractivity (Wildman–Crippen MR) is 54.3 cm³/mol. The molecule has 0 aliphatic rings. The number of ether oxygens (including phenoxy) is 1. The number of hydrogen-bond donors (Lipinski definition) is 0. The van der Waals surface area contributed by atoms with Crippen LogP contribution < -0.4 is 0 Å². The summed E-state index contributed by atoms with van der Waals surface area (Å²) in [4.78, 5) is 15.5.